The van der Waals surface area contributed by atoms with Gasteiger partial charge in [0, 0.05) is 21.2 Å². The molecular formula is C30H21Cl2N3O3. The Bertz CT molecular complexity index is 1610. The predicted molar refractivity (Wildman–Crippen MR) is 148 cm³/mol. The average Bonchev–Trinajstić information content (AvgIpc) is 3.39. The summed E-state index contributed by atoms with van der Waals surface area (Å²) < 4.78 is 6.83. The molecule has 5 aromatic rings. The zero-order valence-electron chi connectivity index (χ0n) is 20.3. The normalized spacial score (nSPS) is 10.8. The molecule has 0 aliphatic rings. The summed E-state index contributed by atoms with van der Waals surface area (Å²) >= 11 is 12.4. The van der Waals surface area contributed by atoms with Crippen LogP contribution in [-0.4, -0.2) is 33.1 Å². The quantitative estimate of drug-likeness (QED) is 0.160. The van der Waals surface area contributed by atoms with Crippen LogP contribution in [0.3, 0.4) is 0 Å². The van der Waals surface area contributed by atoms with Crippen LogP contribution in [0.15, 0.2) is 97.1 Å². The van der Waals surface area contributed by atoms with Crippen molar-refractivity contribution in [2.24, 2.45) is 0 Å². The Morgan fingerprint density at radius 3 is 2.16 bits per heavy atom. The first-order valence-electron chi connectivity index (χ1n) is 11.7. The van der Waals surface area contributed by atoms with E-state index in [1.165, 1.54) is 4.68 Å². The fraction of sp³-hybridized carbons (Fsp3) is 0.0667. The van der Waals surface area contributed by atoms with Crippen molar-refractivity contribution in [1.29, 1.82) is 0 Å². The lowest BCUT2D eigenvalue weighted by atomic mass is 10.0. The van der Waals surface area contributed by atoms with E-state index >= 15 is 0 Å². The van der Waals surface area contributed by atoms with Crippen molar-refractivity contribution < 1.29 is 14.3 Å². The first-order valence-corrected chi connectivity index (χ1v) is 12.5. The van der Waals surface area contributed by atoms with Gasteiger partial charge in [-0.2, -0.15) is 0 Å². The number of hydrogen-bond acceptors (Lipinski definition) is 5. The van der Waals surface area contributed by atoms with Gasteiger partial charge in [0.05, 0.1) is 5.69 Å². The molecule has 4 aromatic carbocycles. The lowest BCUT2D eigenvalue weighted by Crippen LogP contribution is -2.15. The van der Waals surface area contributed by atoms with Gasteiger partial charge < -0.3 is 4.74 Å². The lowest BCUT2D eigenvalue weighted by Gasteiger charge is -2.10. The van der Waals surface area contributed by atoms with Crippen LogP contribution >= 0.6 is 23.2 Å². The highest BCUT2D eigenvalue weighted by atomic mass is 35.5. The molecule has 1 aromatic heterocycles. The number of halogens is 2. The lowest BCUT2D eigenvalue weighted by molar-refractivity contribution is 0.0462. The van der Waals surface area contributed by atoms with Gasteiger partial charge >= 0.3 is 5.97 Å². The van der Waals surface area contributed by atoms with Crippen LogP contribution < -0.4 is 0 Å². The maximum absolute atomic E-state index is 12.9. The number of carbonyl (C=O) groups is 2. The van der Waals surface area contributed by atoms with Gasteiger partial charge in [-0.1, -0.05) is 83.9 Å². The van der Waals surface area contributed by atoms with Crippen molar-refractivity contribution in [2.45, 2.75) is 6.92 Å². The summed E-state index contributed by atoms with van der Waals surface area (Å²) in [6.07, 6.45) is 0. The highest BCUT2D eigenvalue weighted by molar-refractivity contribution is 6.31. The van der Waals surface area contributed by atoms with Crippen molar-refractivity contribution in [3.8, 4) is 28.2 Å². The molecule has 1 heterocycles. The molecule has 0 atom stereocenters. The number of aromatic nitrogens is 3. The standard InChI is InChI=1S/C30H21Cl2N3O3/c1-19-25(32)8-5-9-26(19)35-29(23-14-16-24(31)17-15-23)33-28(34-35)30(37)38-18-27(36)22-12-10-21(11-13-22)20-6-3-2-4-7-20/h2-17H,18H2,1H3. The Balaban J connectivity index is 1.37. The van der Waals surface area contributed by atoms with Crippen molar-refractivity contribution in [2.75, 3.05) is 6.61 Å². The van der Waals surface area contributed by atoms with Crippen LogP contribution in [0, 0.1) is 6.92 Å². The van der Waals surface area contributed by atoms with Crippen LogP contribution in [0.25, 0.3) is 28.2 Å². The van der Waals surface area contributed by atoms with E-state index in [4.69, 9.17) is 27.9 Å². The highest BCUT2D eigenvalue weighted by Crippen LogP contribution is 2.28. The third kappa shape index (κ3) is 5.37. The molecule has 0 aliphatic carbocycles. The van der Waals surface area contributed by atoms with Crippen LogP contribution in [0.5, 0.6) is 0 Å². The van der Waals surface area contributed by atoms with Gasteiger partial charge in [0.1, 0.15) is 0 Å². The molecule has 0 saturated heterocycles. The second-order valence-electron chi connectivity index (χ2n) is 8.50. The molecule has 0 fully saturated rings. The third-order valence-corrected chi connectivity index (χ3v) is 6.67. The van der Waals surface area contributed by atoms with E-state index in [0.717, 1.165) is 16.7 Å². The van der Waals surface area contributed by atoms with E-state index in [-0.39, 0.29) is 11.6 Å². The molecule has 0 radical (unpaired) electrons. The third-order valence-electron chi connectivity index (χ3n) is 6.01. The number of ketones is 1. The molecular weight excluding hydrogens is 521 g/mol. The van der Waals surface area contributed by atoms with Gasteiger partial charge in [-0.15, -0.1) is 5.10 Å². The zero-order valence-corrected chi connectivity index (χ0v) is 21.8. The molecule has 0 bridgehead atoms. The van der Waals surface area contributed by atoms with Gasteiger partial charge in [-0.25, -0.2) is 14.5 Å². The van der Waals surface area contributed by atoms with Gasteiger partial charge in [0.2, 0.25) is 0 Å². The summed E-state index contributed by atoms with van der Waals surface area (Å²) in [5, 5.41) is 5.52. The van der Waals surface area contributed by atoms with Crippen molar-refractivity contribution in [3.05, 3.63) is 124 Å². The molecule has 0 unspecified atom stereocenters. The number of carbonyl (C=O) groups excluding carboxylic acids is 2. The Morgan fingerprint density at radius 2 is 1.45 bits per heavy atom. The van der Waals surface area contributed by atoms with Crippen molar-refractivity contribution in [1.82, 2.24) is 14.8 Å². The minimum Gasteiger partial charge on any atom is -0.451 e. The Morgan fingerprint density at radius 1 is 0.789 bits per heavy atom. The SMILES string of the molecule is Cc1c(Cl)cccc1-n1nc(C(=O)OCC(=O)c2ccc(-c3ccccc3)cc2)nc1-c1ccc(Cl)cc1. The Labute approximate surface area is 229 Å². The second-order valence-corrected chi connectivity index (χ2v) is 9.35. The van der Waals surface area contributed by atoms with Crippen molar-refractivity contribution in [3.63, 3.8) is 0 Å². The highest BCUT2D eigenvalue weighted by Gasteiger charge is 2.22. The van der Waals surface area contributed by atoms with Gasteiger partial charge in [-0.3, -0.25) is 4.79 Å². The number of hydrogen-bond donors (Lipinski definition) is 0. The number of esters is 1. The van der Waals surface area contributed by atoms with Crippen LogP contribution in [0.2, 0.25) is 10.0 Å². The Kier molecular flexibility index (Phi) is 7.36. The summed E-state index contributed by atoms with van der Waals surface area (Å²) in [7, 11) is 0. The van der Waals surface area contributed by atoms with Crippen molar-refractivity contribution >= 4 is 35.0 Å². The van der Waals surface area contributed by atoms with Crippen LogP contribution in [0.4, 0.5) is 0 Å². The second kappa shape index (κ2) is 11.0. The number of rotatable bonds is 7. The molecule has 8 heteroatoms. The van der Waals surface area contributed by atoms with E-state index in [0.29, 0.717) is 32.7 Å². The predicted octanol–water partition coefficient (Wildman–Crippen LogP) is 7.26. The van der Waals surface area contributed by atoms with Crippen LogP contribution in [-0.2, 0) is 4.74 Å². The number of Topliss-reactive ketones (excluding diaryl/α,β-unsaturated/α-hetero) is 1. The number of benzene rings is 4. The zero-order chi connectivity index (χ0) is 26.6. The molecule has 0 spiro atoms. The molecule has 0 saturated carbocycles. The fourth-order valence-corrected chi connectivity index (χ4v) is 4.23. The van der Waals surface area contributed by atoms with Gasteiger partial charge in [0.15, 0.2) is 18.2 Å². The monoisotopic (exact) mass is 541 g/mol. The largest absolute Gasteiger partial charge is 0.451 e. The van der Waals surface area contributed by atoms with Gasteiger partial charge in [-0.05, 0) is 60.0 Å². The van der Waals surface area contributed by atoms with Crippen LogP contribution in [0.1, 0.15) is 26.5 Å². The van der Waals surface area contributed by atoms with Gasteiger partial charge in [0.25, 0.3) is 5.82 Å². The minimum absolute atomic E-state index is 0.179. The van der Waals surface area contributed by atoms with E-state index in [1.54, 1.807) is 48.5 Å². The first kappa shape index (κ1) is 25.4. The van der Waals surface area contributed by atoms with E-state index in [2.05, 4.69) is 10.1 Å². The smallest absolute Gasteiger partial charge is 0.378 e. The molecule has 0 aliphatic heterocycles. The first-order chi connectivity index (χ1) is 18.4. The maximum atomic E-state index is 12.9. The summed E-state index contributed by atoms with van der Waals surface area (Å²) in [5.74, 6) is -0.919. The molecule has 6 nitrogen and oxygen atoms in total. The Hall–Kier alpha value is -4.26. The summed E-state index contributed by atoms with van der Waals surface area (Å²) in [5.41, 5.74) is 4.58. The van der Waals surface area contributed by atoms with E-state index < -0.39 is 12.6 Å². The topological polar surface area (TPSA) is 74.1 Å². The molecule has 0 amide bonds. The molecule has 5 rings (SSSR count). The van der Waals surface area contributed by atoms with E-state index in [9.17, 15) is 9.59 Å². The minimum atomic E-state index is -0.812. The van der Waals surface area contributed by atoms with E-state index in [1.807, 2.05) is 55.5 Å². The molecule has 38 heavy (non-hydrogen) atoms. The maximum Gasteiger partial charge on any atom is 0.378 e. The fourth-order valence-electron chi connectivity index (χ4n) is 3.94. The number of ether oxygens (including phenoxy) is 1. The average molecular weight is 542 g/mol. The molecule has 188 valence electrons. The summed E-state index contributed by atoms with van der Waals surface area (Å²) in [4.78, 5) is 30.0. The number of nitrogens with zero attached hydrogens (tertiary/aromatic N) is 3. The summed E-state index contributed by atoms with van der Waals surface area (Å²) in [6.45, 7) is 1.41. The summed E-state index contributed by atoms with van der Waals surface area (Å²) in [6, 6.07) is 29.4. The molecule has 0 N–H and O–H groups in total.